The van der Waals surface area contributed by atoms with Crippen LogP contribution in [0.25, 0.3) is 17.2 Å². The molecule has 0 aromatic rings. The van der Waals surface area contributed by atoms with E-state index in [2.05, 4.69) is 4.40 Å². The summed E-state index contributed by atoms with van der Waals surface area (Å²) in [5.41, 5.74) is -15.8. The molecule has 0 saturated heterocycles. The fourth-order valence-electron chi connectivity index (χ4n) is 4.72. The van der Waals surface area contributed by atoms with Gasteiger partial charge in [0.1, 0.15) is 5.75 Å². The Morgan fingerprint density at radius 3 is 1.69 bits per heavy atom. The molecular formula is C29H22F9N3O7S3. The highest BCUT2D eigenvalue weighted by Gasteiger charge is 2.50. The molecule has 0 atom stereocenters. The summed E-state index contributed by atoms with van der Waals surface area (Å²) in [6.45, 7) is 0. The van der Waals surface area contributed by atoms with E-state index in [1.165, 1.54) is 31.4 Å². The second kappa shape index (κ2) is 13.9. The summed E-state index contributed by atoms with van der Waals surface area (Å²) in [5, 5.41) is 0. The molecule has 51 heavy (non-hydrogen) atoms. The van der Waals surface area contributed by atoms with Crippen LogP contribution in [0.1, 0.15) is 17.0 Å². The van der Waals surface area contributed by atoms with E-state index in [-0.39, 0.29) is 26.1 Å². The lowest BCUT2D eigenvalue weighted by atomic mass is 9.95. The summed E-state index contributed by atoms with van der Waals surface area (Å²) in [5.74, 6) is -2.00. The SMILES string of the molecule is COc1c(/C=C/C=C(\C=N\S(=O)(=O)C(F)(F)F)C2C=CN(S(=O)(=O)C(F)(F)F)C=C2)c2cccccc-2c1C1C=CN(S(=O)(=O)C(F)(F)F)C=C1. The van der Waals surface area contributed by atoms with E-state index < -0.39 is 58.4 Å². The van der Waals surface area contributed by atoms with Crippen molar-refractivity contribution in [2.24, 2.45) is 10.3 Å². The third-order valence-electron chi connectivity index (χ3n) is 7.12. The van der Waals surface area contributed by atoms with Crippen LogP contribution < -0.4 is 4.74 Å². The smallest absolute Gasteiger partial charge is 0.496 e. The maximum absolute atomic E-state index is 13.1. The molecule has 276 valence electrons. The molecule has 0 radical (unpaired) electrons. The Labute approximate surface area is 285 Å². The Morgan fingerprint density at radius 1 is 0.725 bits per heavy atom. The van der Waals surface area contributed by atoms with Crippen LogP contribution in [0.15, 0.2) is 102 Å². The zero-order valence-corrected chi connectivity index (χ0v) is 27.7. The van der Waals surface area contributed by atoms with E-state index in [4.69, 9.17) is 4.74 Å². The van der Waals surface area contributed by atoms with Crippen molar-refractivity contribution in [3.05, 3.63) is 108 Å². The Kier molecular flexibility index (Phi) is 10.7. The van der Waals surface area contributed by atoms with Crippen LogP contribution in [0.3, 0.4) is 0 Å². The molecule has 0 bridgehead atoms. The van der Waals surface area contributed by atoms with Gasteiger partial charge in [0.05, 0.1) is 7.11 Å². The molecule has 0 spiro atoms. The Balaban J connectivity index is 1.79. The fraction of sp³-hybridized carbons (Fsp3) is 0.207. The van der Waals surface area contributed by atoms with Gasteiger partial charge < -0.3 is 4.74 Å². The van der Waals surface area contributed by atoms with E-state index in [1.807, 2.05) is 0 Å². The van der Waals surface area contributed by atoms with Gasteiger partial charge in [0.15, 0.2) is 0 Å². The van der Waals surface area contributed by atoms with E-state index >= 15 is 0 Å². The van der Waals surface area contributed by atoms with Crippen LogP contribution >= 0.6 is 0 Å². The number of alkyl halides is 9. The van der Waals surface area contributed by atoms with Crippen LogP contribution in [0.2, 0.25) is 0 Å². The summed E-state index contributed by atoms with van der Waals surface area (Å²) in [7, 11) is -16.4. The number of hydrogen-bond acceptors (Lipinski definition) is 7. The monoisotopic (exact) mass is 791 g/mol. The van der Waals surface area contributed by atoms with Gasteiger partial charge >= 0.3 is 46.6 Å². The molecule has 0 N–H and O–H groups in total. The van der Waals surface area contributed by atoms with Crippen molar-refractivity contribution >= 4 is 42.4 Å². The van der Waals surface area contributed by atoms with Crippen molar-refractivity contribution in [2.45, 2.75) is 22.4 Å². The highest BCUT2D eigenvalue weighted by atomic mass is 32.2. The second-order valence-electron chi connectivity index (χ2n) is 10.3. The lowest BCUT2D eigenvalue weighted by molar-refractivity contribution is -0.0474. The largest absolute Gasteiger partial charge is 0.518 e. The summed E-state index contributed by atoms with van der Waals surface area (Å²) in [6.07, 6.45) is 10.2. The van der Waals surface area contributed by atoms with Crippen LogP contribution in [0.5, 0.6) is 5.75 Å². The first-order chi connectivity index (χ1) is 23.4. The van der Waals surface area contributed by atoms with Crippen molar-refractivity contribution in [1.82, 2.24) is 8.61 Å². The standard InChI is InChI=1S/C29H22F9N3O7S3/c1-48-26-24(22-7-3-2-4-8-23(22)25(26)20-12-16-41(17-13-20)51(46,47)29(36,37)38)9-5-6-21(18-39-49(42,43)27(30,31)32)19-10-14-40(15-11-19)50(44,45)28(33,34)35/h2-20H,1H3/b9-5+,21-6+,39-18+. The number of methoxy groups -OCH3 is 1. The van der Waals surface area contributed by atoms with E-state index in [9.17, 15) is 64.8 Å². The number of halogens is 9. The molecular weight excluding hydrogens is 770 g/mol. The van der Waals surface area contributed by atoms with Crippen molar-refractivity contribution in [3.8, 4) is 16.9 Å². The molecule has 2 aliphatic heterocycles. The quantitative estimate of drug-likeness (QED) is 0.156. The molecule has 0 saturated carbocycles. The molecule has 0 fully saturated rings. The topological polar surface area (TPSA) is 130 Å². The van der Waals surface area contributed by atoms with Crippen LogP contribution in [-0.4, -0.2) is 63.7 Å². The minimum absolute atomic E-state index is 0.0132. The Bertz CT molecular complexity index is 2160. The Morgan fingerprint density at radius 2 is 1.22 bits per heavy atom. The zero-order chi connectivity index (χ0) is 38.2. The number of sulfonamides is 3. The molecule has 22 heteroatoms. The first-order valence-electron chi connectivity index (χ1n) is 13.7. The average molecular weight is 792 g/mol. The van der Waals surface area contributed by atoms with Gasteiger partial charge in [0.25, 0.3) is 0 Å². The first kappa shape index (κ1) is 39.2. The molecule has 4 rings (SSSR count). The number of allylic oxidation sites excluding steroid dienone is 7. The molecule has 4 aliphatic rings. The normalized spacial score (nSPS) is 17.5. The van der Waals surface area contributed by atoms with Gasteiger partial charge in [-0.25, -0.2) is 8.61 Å². The van der Waals surface area contributed by atoms with Crippen LogP contribution in [-0.2, 0) is 30.1 Å². The number of rotatable bonds is 9. The molecule has 0 aromatic heterocycles. The number of hydrogen-bond donors (Lipinski definition) is 0. The summed E-state index contributed by atoms with van der Waals surface area (Å²) in [4.78, 5) is 0. The van der Waals surface area contributed by atoms with Crippen molar-refractivity contribution < 1.29 is 69.5 Å². The van der Waals surface area contributed by atoms with Crippen molar-refractivity contribution in [1.29, 1.82) is 0 Å². The maximum atomic E-state index is 13.1. The minimum Gasteiger partial charge on any atom is -0.496 e. The molecule has 0 aromatic carbocycles. The van der Waals surface area contributed by atoms with Crippen molar-refractivity contribution in [3.63, 3.8) is 0 Å². The number of fused-ring (bicyclic) bond motifs is 1. The van der Waals surface area contributed by atoms with E-state index in [1.54, 1.807) is 30.3 Å². The van der Waals surface area contributed by atoms with Crippen molar-refractivity contribution in [2.75, 3.05) is 7.11 Å². The van der Waals surface area contributed by atoms with Gasteiger partial charge in [0.2, 0.25) is 0 Å². The van der Waals surface area contributed by atoms with Crippen LogP contribution in [0, 0.1) is 5.92 Å². The molecule has 0 unspecified atom stereocenters. The van der Waals surface area contributed by atoms with Gasteiger partial charge in [-0.3, -0.25) is 0 Å². The third-order valence-corrected chi connectivity index (χ3v) is 10.9. The summed E-state index contributed by atoms with van der Waals surface area (Å²) in [6, 6.07) is 8.10. The van der Waals surface area contributed by atoms with Gasteiger partial charge in [0, 0.05) is 54.0 Å². The van der Waals surface area contributed by atoms with Gasteiger partial charge in [-0.1, -0.05) is 72.9 Å². The minimum atomic E-state index is -6.07. The van der Waals surface area contributed by atoms with E-state index in [0.29, 0.717) is 47.1 Å². The number of ether oxygens (including phenoxy) is 1. The first-order valence-corrected chi connectivity index (χ1v) is 18.0. The average Bonchev–Trinajstić information content (AvgIpc) is 3.14. The zero-order valence-electron chi connectivity index (χ0n) is 25.3. The predicted molar refractivity (Wildman–Crippen MR) is 167 cm³/mol. The molecule has 10 nitrogen and oxygen atoms in total. The summed E-state index contributed by atoms with van der Waals surface area (Å²) >= 11 is 0. The molecule has 2 heterocycles. The third kappa shape index (κ3) is 7.86. The number of nitrogens with zero attached hydrogens (tertiary/aromatic N) is 3. The predicted octanol–water partition coefficient (Wildman–Crippen LogP) is 6.75. The maximum Gasteiger partial charge on any atom is 0.518 e. The lowest BCUT2D eigenvalue weighted by Crippen LogP contribution is -2.35. The van der Waals surface area contributed by atoms with Gasteiger partial charge in [-0.2, -0.15) is 69.2 Å². The van der Waals surface area contributed by atoms with Crippen LogP contribution in [0.4, 0.5) is 39.5 Å². The highest BCUT2D eigenvalue weighted by Crippen LogP contribution is 2.48. The fourth-order valence-corrected chi connectivity index (χ4v) is 6.50. The highest BCUT2D eigenvalue weighted by molar-refractivity contribution is 7.91. The lowest BCUT2D eigenvalue weighted by Gasteiger charge is -2.23. The van der Waals surface area contributed by atoms with E-state index in [0.717, 1.165) is 18.2 Å². The summed E-state index contributed by atoms with van der Waals surface area (Å²) < 4.78 is 196. The van der Waals surface area contributed by atoms with Gasteiger partial charge in [-0.05, 0) is 16.7 Å². The Hall–Kier alpha value is -4.57. The van der Waals surface area contributed by atoms with Gasteiger partial charge in [-0.15, -0.1) is 0 Å². The molecule has 2 aliphatic carbocycles. The molecule has 0 amide bonds. The second-order valence-corrected chi connectivity index (χ2v) is 15.6.